The maximum absolute atomic E-state index is 11.9. The number of esters is 1. The van der Waals surface area contributed by atoms with Crippen molar-refractivity contribution in [3.8, 4) is 0 Å². The molecule has 0 aliphatic rings. The molecule has 21 heavy (non-hydrogen) atoms. The van der Waals surface area contributed by atoms with E-state index in [0.29, 0.717) is 42.9 Å². The molecule has 4 nitrogen and oxygen atoms in total. The number of carbonyl (C=O) groups excluding carboxylic acids is 2. The number of ketones is 1. The number of hydrogen-bond acceptors (Lipinski definition) is 4. The average molecular weight is 313 g/mol. The topological polar surface area (TPSA) is 63.6 Å². The van der Waals surface area contributed by atoms with Gasteiger partial charge in [-0.05, 0) is 44.0 Å². The predicted molar refractivity (Wildman–Crippen MR) is 81.5 cm³/mol. The van der Waals surface area contributed by atoms with Crippen LogP contribution in [-0.2, 0) is 9.53 Å². The first-order chi connectivity index (χ1) is 10.0. The second kappa shape index (κ2) is 9.53. The molecule has 5 heteroatoms. The van der Waals surface area contributed by atoms with E-state index in [0.717, 1.165) is 6.42 Å². The summed E-state index contributed by atoms with van der Waals surface area (Å²) in [5, 5.41) is 10.4. The van der Waals surface area contributed by atoms with Crippen LogP contribution in [0.25, 0.3) is 0 Å². The number of aliphatic hydroxyl groups excluding tert-OH is 1. The third kappa shape index (κ3) is 6.74. The van der Waals surface area contributed by atoms with E-state index in [2.05, 4.69) is 0 Å². The molecule has 0 bridgehead atoms. The number of ether oxygens (including phenoxy) is 1. The Morgan fingerprint density at radius 2 is 1.86 bits per heavy atom. The maximum atomic E-state index is 11.9. The number of benzene rings is 1. The zero-order valence-corrected chi connectivity index (χ0v) is 12.9. The summed E-state index contributed by atoms with van der Waals surface area (Å²) in [7, 11) is 0. The number of unbranched alkanes of at least 4 members (excludes halogenated alkanes) is 2. The van der Waals surface area contributed by atoms with Crippen LogP contribution >= 0.6 is 11.6 Å². The van der Waals surface area contributed by atoms with Crippen LogP contribution < -0.4 is 0 Å². The van der Waals surface area contributed by atoms with E-state index in [1.165, 1.54) is 0 Å². The zero-order valence-electron chi connectivity index (χ0n) is 12.2. The van der Waals surface area contributed by atoms with Crippen molar-refractivity contribution in [2.75, 3.05) is 6.61 Å². The molecule has 0 saturated heterocycles. The Bertz CT molecular complexity index is 456. The van der Waals surface area contributed by atoms with Gasteiger partial charge in [0.05, 0.1) is 6.61 Å². The van der Waals surface area contributed by atoms with Gasteiger partial charge in [-0.1, -0.05) is 24.4 Å². The van der Waals surface area contributed by atoms with Crippen molar-refractivity contribution < 1.29 is 19.4 Å². The number of Topliss-reactive ketones (excluding diaryl/α,β-unsaturated/α-hetero) is 1. The van der Waals surface area contributed by atoms with Crippen LogP contribution in [-0.4, -0.2) is 29.6 Å². The first-order valence-corrected chi connectivity index (χ1v) is 7.56. The highest BCUT2D eigenvalue weighted by molar-refractivity contribution is 6.30. The molecule has 0 aliphatic carbocycles. The third-order valence-electron chi connectivity index (χ3n) is 3.10. The molecule has 0 aromatic heterocycles. The molecule has 0 aliphatic heterocycles. The minimum absolute atomic E-state index is 0.199. The summed E-state index contributed by atoms with van der Waals surface area (Å²) in [6.07, 6.45) is 1.96. The summed E-state index contributed by atoms with van der Waals surface area (Å²) < 4.78 is 4.82. The second-order valence-corrected chi connectivity index (χ2v) is 5.23. The van der Waals surface area contributed by atoms with Crippen molar-refractivity contribution in [1.82, 2.24) is 0 Å². The molecular weight excluding hydrogens is 292 g/mol. The molecule has 0 amide bonds. The summed E-state index contributed by atoms with van der Waals surface area (Å²) in [6, 6.07) is 6.46. The van der Waals surface area contributed by atoms with Gasteiger partial charge >= 0.3 is 5.97 Å². The van der Waals surface area contributed by atoms with Crippen LogP contribution in [0, 0.1) is 0 Å². The lowest BCUT2D eigenvalue weighted by Crippen LogP contribution is -2.20. The fraction of sp³-hybridized carbons (Fsp3) is 0.500. The predicted octanol–water partition coefficient (Wildman–Crippen LogP) is 3.40. The van der Waals surface area contributed by atoms with Crippen LogP contribution in [0.3, 0.4) is 0 Å². The second-order valence-electron chi connectivity index (χ2n) is 4.79. The summed E-state index contributed by atoms with van der Waals surface area (Å²) >= 11 is 5.75. The Labute approximate surface area is 130 Å². The van der Waals surface area contributed by atoms with Crippen molar-refractivity contribution in [3.63, 3.8) is 0 Å². The van der Waals surface area contributed by atoms with Gasteiger partial charge in [-0.3, -0.25) is 9.59 Å². The lowest BCUT2D eigenvalue weighted by molar-refractivity contribution is -0.143. The lowest BCUT2D eigenvalue weighted by Gasteiger charge is -2.09. The molecule has 1 N–H and O–H groups in total. The summed E-state index contributed by atoms with van der Waals surface area (Å²) in [5.41, 5.74) is 0.457. The van der Waals surface area contributed by atoms with Gasteiger partial charge in [0.1, 0.15) is 6.10 Å². The standard InChI is InChI=1S/C16H21ClO4/c1-2-21-15(19)7-5-3-4-6-14(18)16(20)12-8-10-13(17)11-9-12/h8-11,14,18H,2-7H2,1H3. The van der Waals surface area contributed by atoms with Crippen molar-refractivity contribution >= 4 is 23.4 Å². The quantitative estimate of drug-likeness (QED) is 0.431. The van der Waals surface area contributed by atoms with Gasteiger partial charge in [0, 0.05) is 17.0 Å². The highest BCUT2D eigenvalue weighted by atomic mass is 35.5. The molecule has 1 aromatic carbocycles. The Morgan fingerprint density at radius 1 is 1.19 bits per heavy atom. The van der Waals surface area contributed by atoms with Crippen LogP contribution in [0.4, 0.5) is 0 Å². The highest BCUT2D eigenvalue weighted by Crippen LogP contribution is 2.14. The van der Waals surface area contributed by atoms with E-state index in [1.807, 2.05) is 0 Å². The minimum atomic E-state index is -1.01. The molecule has 0 fully saturated rings. The number of rotatable bonds is 9. The van der Waals surface area contributed by atoms with E-state index in [9.17, 15) is 14.7 Å². The molecule has 0 heterocycles. The fourth-order valence-corrected chi connectivity index (χ4v) is 2.08. The van der Waals surface area contributed by atoms with Crippen LogP contribution in [0.2, 0.25) is 5.02 Å². The number of hydrogen-bond donors (Lipinski definition) is 1. The smallest absolute Gasteiger partial charge is 0.305 e. The zero-order chi connectivity index (χ0) is 15.7. The largest absolute Gasteiger partial charge is 0.466 e. The van der Waals surface area contributed by atoms with Crippen LogP contribution in [0.5, 0.6) is 0 Å². The van der Waals surface area contributed by atoms with Crippen molar-refractivity contribution in [1.29, 1.82) is 0 Å². The Morgan fingerprint density at radius 3 is 2.48 bits per heavy atom. The summed E-state index contributed by atoms with van der Waals surface area (Å²) in [6.45, 7) is 2.17. The number of aliphatic hydroxyl groups is 1. The molecule has 1 aromatic rings. The Kier molecular flexibility index (Phi) is 8.01. The monoisotopic (exact) mass is 312 g/mol. The van der Waals surface area contributed by atoms with Gasteiger partial charge in [-0.15, -0.1) is 0 Å². The van der Waals surface area contributed by atoms with Crippen LogP contribution in [0.15, 0.2) is 24.3 Å². The number of halogens is 1. The maximum Gasteiger partial charge on any atom is 0.305 e. The first kappa shape index (κ1) is 17.7. The molecule has 0 saturated carbocycles. The van der Waals surface area contributed by atoms with Gasteiger partial charge in [0.25, 0.3) is 0 Å². The van der Waals surface area contributed by atoms with Gasteiger partial charge in [-0.25, -0.2) is 0 Å². The third-order valence-corrected chi connectivity index (χ3v) is 3.35. The normalized spacial score (nSPS) is 12.0. The van der Waals surface area contributed by atoms with Crippen LogP contribution in [0.1, 0.15) is 49.4 Å². The average Bonchev–Trinajstić information content (AvgIpc) is 2.47. The molecular formula is C16H21ClO4. The van der Waals surface area contributed by atoms with E-state index in [4.69, 9.17) is 16.3 Å². The van der Waals surface area contributed by atoms with Gasteiger partial charge in [0.2, 0.25) is 0 Å². The summed E-state index contributed by atoms with van der Waals surface area (Å²) in [5.74, 6) is -0.493. The molecule has 1 atom stereocenters. The first-order valence-electron chi connectivity index (χ1n) is 7.18. The molecule has 1 unspecified atom stereocenters. The van der Waals surface area contributed by atoms with E-state index in [1.54, 1.807) is 31.2 Å². The fourth-order valence-electron chi connectivity index (χ4n) is 1.95. The van der Waals surface area contributed by atoms with Gasteiger partial charge < -0.3 is 9.84 Å². The van der Waals surface area contributed by atoms with Crippen molar-refractivity contribution in [2.24, 2.45) is 0 Å². The lowest BCUT2D eigenvalue weighted by atomic mass is 10.0. The highest BCUT2D eigenvalue weighted by Gasteiger charge is 2.16. The van der Waals surface area contributed by atoms with E-state index < -0.39 is 6.10 Å². The Hall–Kier alpha value is -1.39. The van der Waals surface area contributed by atoms with E-state index >= 15 is 0 Å². The molecule has 0 spiro atoms. The van der Waals surface area contributed by atoms with Crippen molar-refractivity contribution in [2.45, 2.75) is 45.1 Å². The van der Waals surface area contributed by atoms with E-state index in [-0.39, 0.29) is 11.8 Å². The minimum Gasteiger partial charge on any atom is -0.466 e. The number of carbonyl (C=O) groups is 2. The molecule has 116 valence electrons. The van der Waals surface area contributed by atoms with Gasteiger partial charge in [-0.2, -0.15) is 0 Å². The SMILES string of the molecule is CCOC(=O)CCCCCC(O)C(=O)c1ccc(Cl)cc1. The molecule has 0 radical (unpaired) electrons. The summed E-state index contributed by atoms with van der Waals surface area (Å²) in [4.78, 5) is 23.1. The molecule has 1 rings (SSSR count). The Balaban J connectivity index is 2.24. The van der Waals surface area contributed by atoms with Gasteiger partial charge in [0.15, 0.2) is 5.78 Å². The van der Waals surface area contributed by atoms with Crippen molar-refractivity contribution in [3.05, 3.63) is 34.9 Å².